The van der Waals surface area contributed by atoms with E-state index in [9.17, 15) is 0 Å². The Morgan fingerprint density at radius 1 is 0.457 bits per heavy atom. The molecule has 4 aromatic carbocycles. The zero-order valence-corrected chi connectivity index (χ0v) is 24.9. The third-order valence-corrected chi connectivity index (χ3v) is 8.40. The van der Waals surface area contributed by atoms with Crippen molar-refractivity contribution in [1.29, 1.82) is 0 Å². The Hall–Kier alpha value is -6.27. The van der Waals surface area contributed by atoms with Crippen molar-refractivity contribution in [2.45, 2.75) is 6.92 Å². The molecule has 0 radical (unpaired) electrons. The van der Waals surface area contributed by atoms with Crippen LogP contribution in [0.15, 0.2) is 148 Å². The van der Waals surface area contributed by atoms with Crippen LogP contribution in [0.4, 0.5) is 17.3 Å². The first kappa shape index (κ1) is 26.2. The molecule has 218 valence electrons. The summed E-state index contributed by atoms with van der Waals surface area (Å²) < 4.78 is 12.7. The van der Waals surface area contributed by atoms with Crippen molar-refractivity contribution in [3.8, 4) is 22.5 Å². The smallest absolute Gasteiger partial charge is 0.227 e. The number of hydrogen-bond donors (Lipinski definition) is 0. The molecule has 0 aliphatic carbocycles. The molecule has 0 atom stereocenters. The Balaban J connectivity index is 1.20. The summed E-state index contributed by atoms with van der Waals surface area (Å²) in [4.78, 5) is 17.1. The first-order valence-electron chi connectivity index (χ1n) is 15.2. The van der Waals surface area contributed by atoms with Crippen LogP contribution in [0.2, 0.25) is 0 Å². The van der Waals surface area contributed by atoms with Crippen molar-refractivity contribution in [2.24, 2.45) is 0 Å². The second-order valence-electron chi connectivity index (χ2n) is 11.3. The van der Waals surface area contributed by atoms with Gasteiger partial charge in [0.1, 0.15) is 28.4 Å². The highest BCUT2D eigenvalue weighted by Gasteiger charge is 2.20. The fraction of sp³-hybridized carbons (Fsp3) is 0.0250. The topological polar surface area (TPSA) is 68.2 Å². The number of rotatable bonds is 5. The molecule has 0 saturated carbocycles. The number of pyridine rings is 3. The second-order valence-corrected chi connectivity index (χ2v) is 11.3. The van der Waals surface area contributed by atoms with E-state index in [1.807, 2.05) is 97.9 Å². The average molecular weight is 595 g/mol. The average Bonchev–Trinajstić information content (AvgIpc) is 3.67. The van der Waals surface area contributed by atoms with Crippen molar-refractivity contribution in [3.05, 3.63) is 145 Å². The number of benzene rings is 4. The van der Waals surface area contributed by atoms with Crippen molar-refractivity contribution in [2.75, 3.05) is 4.90 Å². The predicted molar refractivity (Wildman–Crippen MR) is 185 cm³/mol. The minimum Gasteiger partial charge on any atom is -0.455 e. The molecule has 5 heterocycles. The minimum atomic E-state index is 0.630. The number of para-hydroxylation sites is 4. The van der Waals surface area contributed by atoms with Gasteiger partial charge in [-0.2, -0.15) is 0 Å². The third kappa shape index (κ3) is 4.23. The van der Waals surface area contributed by atoms with Gasteiger partial charge < -0.3 is 8.83 Å². The summed E-state index contributed by atoms with van der Waals surface area (Å²) >= 11 is 0. The van der Waals surface area contributed by atoms with Crippen molar-refractivity contribution in [3.63, 3.8) is 0 Å². The number of aryl methyl sites for hydroxylation is 1. The van der Waals surface area contributed by atoms with Gasteiger partial charge in [-0.1, -0.05) is 72.8 Å². The molecule has 46 heavy (non-hydrogen) atoms. The summed E-state index contributed by atoms with van der Waals surface area (Å²) in [5.41, 5.74) is 8.39. The highest BCUT2D eigenvalue weighted by Crippen LogP contribution is 2.39. The van der Waals surface area contributed by atoms with Gasteiger partial charge in [0, 0.05) is 44.1 Å². The van der Waals surface area contributed by atoms with E-state index >= 15 is 0 Å². The molecular formula is C40H26N4O2. The summed E-state index contributed by atoms with van der Waals surface area (Å²) in [7, 11) is 0. The van der Waals surface area contributed by atoms with Crippen LogP contribution in [0, 0.1) is 6.92 Å². The normalized spacial score (nSPS) is 11.6. The summed E-state index contributed by atoms with van der Waals surface area (Å²) in [6.45, 7) is 1.97. The van der Waals surface area contributed by atoms with Crippen LogP contribution in [0.5, 0.6) is 0 Å². The zero-order valence-electron chi connectivity index (χ0n) is 24.9. The molecule has 0 saturated heterocycles. The van der Waals surface area contributed by atoms with Gasteiger partial charge in [0.25, 0.3) is 0 Å². The minimum absolute atomic E-state index is 0.630. The molecule has 6 heteroatoms. The van der Waals surface area contributed by atoms with Crippen LogP contribution >= 0.6 is 0 Å². The summed E-state index contributed by atoms with van der Waals surface area (Å²) in [6.07, 6.45) is 0. The van der Waals surface area contributed by atoms with Gasteiger partial charge in [0.15, 0.2) is 0 Å². The Bertz CT molecular complexity index is 2570. The van der Waals surface area contributed by atoms with Gasteiger partial charge in [0.05, 0.1) is 11.4 Å². The monoisotopic (exact) mass is 594 g/mol. The maximum atomic E-state index is 6.36. The fourth-order valence-electron chi connectivity index (χ4n) is 6.28. The standard InChI is InChI=1S/C40H26N4O2/c1-25-23-24-30-29-15-8-17-32(39(29)46-40(30)41-25)34-19-10-22-37(43-34)44(26-11-3-2-4-12-26)36-21-9-18-33(42-36)31-16-7-14-28-27-13-5-6-20-35(27)45-38(28)31/h2-24H,1H3. The van der Waals surface area contributed by atoms with Gasteiger partial charge in [-0.15, -0.1) is 0 Å². The van der Waals surface area contributed by atoms with Gasteiger partial charge in [-0.25, -0.2) is 15.0 Å². The van der Waals surface area contributed by atoms with E-state index in [4.69, 9.17) is 18.8 Å². The summed E-state index contributed by atoms with van der Waals surface area (Å²) in [5, 5.41) is 4.17. The van der Waals surface area contributed by atoms with Crippen LogP contribution in [0.1, 0.15) is 5.69 Å². The predicted octanol–water partition coefficient (Wildman–Crippen LogP) is 10.8. The van der Waals surface area contributed by atoms with E-state index in [1.54, 1.807) is 0 Å². The van der Waals surface area contributed by atoms with E-state index in [-0.39, 0.29) is 0 Å². The summed E-state index contributed by atoms with van der Waals surface area (Å²) in [5.74, 6) is 1.47. The number of fused-ring (bicyclic) bond motifs is 6. The van der Waals surface area contributed by atoms with E-state index in [1.165, 1.54) is 0 Å². The molecule has 0 spiro atoms. The lowest BCUT2D eigenvalue weighted by Gasteiger charge is -2.24. The highest BCUT2D eigenvalue weighted by atomic mass is 16.3. The molecule has 0 aliphatic heterocycles. The number of furan rings is 2. The molecule has 0 unspecified atom stereocenters. The summed E-state index contributed by atoms with van der Waals surface area (Å²) in [6, 6.07) is 46.9. The Kier molecular flexibility index (Phi) is 5.93. The molecule has 0 amide bonds. The van der Waals surface area contributed by atoms with Crippen LogP contribution < -0.4 is 4.90 Å². The molecule has 0 bridgehead atoms. The molecule has 6 nitrogen and oxygen atoms in total. The number of anilines is 3. The largest absolute Gasteiger partial charge is 0.455 e. The second kappa shape index (κ2) is 10.4. The van der Waals surface area contributed by atoms with Crippen molar-refractivity contribution < 1.29 is 8.83 Å². The molecule has 0 N–H and O–H groups in total. The fourth-order valence-corrected chi connectivity index (χ4v) is 6.28. The molecule has 0 aliphatic rings. The first-order valence-corrected chi connectivity index (χ1v) is 15.2. The Labute approximate surface area is 264 Å². The maximum absolute atomic E-state index is 6.36. The van der Waals surface area contributed by atoms with Crippen molar-refractivity contribution >= 4 is 61.3 Å². The number of nitrogens with zero attached hydrogens (tertiary/aromatic N) is 4. The first-order chi connectivity index (χ1) is 22.7. The van der Waals surface area contributed by atoms with Crippen molar-refractivity contribution in [1.82, 2.24) is 15.0 Å². The number of aromatic nitrogens is 3. The molecular weight excluding hydrogens is 568 g/mol. The Morgan fingerprint density at radius 3 is 1.76 bits per heavy atom. The van der Waals surface area contributed by atoms with Gasteiger partial charge >= 0.3 is 0 Å². The van der Waals surface area contributed by atoms with Gasteiger partial charge in [-0.05, 0) is 73.7 Å². The number of hydrogen-bond acceptors (Lipinski definition) is 6. The van der Waals surface area contributed by atoms with Crippen LogP contribution in [0.25, 0.3) is 66.5 Å². The lowest BCUT2D eigenvalue weighted by Crippen LogP contribution is -2.13. The maximum Gasteiger partial charge on any atom is 0.227 e. The SMILES string of the molecule is Cc1ccc2c(n1)oc1c(-c3cccc(N(c4ccccc4)c4cccc(-c5cccc6c5oc5ccccc56)n4)n3)cccc12. The van der Waals surface area contributed by atoms with Gasteiger partial charge in [0.2, 0.25) is 5.71 Å². The third-order valence-electron chi connectivity index (χ3n) is 8.40. The van der Waals surface area contributed by atoms with E-state index in [0.29, 0.717) is 5.71 Å². The highest BCUT2D eigenvalue weighted by molar-refractivity contribution is 6.10. The quantitative estimate of drug-likeness (QED) is 0.197. The lowest BCUT2D eigenvalue weighted by atomic mass is 10.1. The molecule has 9 aromatic rings. The van der Waals surface area contributed by atoms with Gasteiger partial charge in [-0.3, -0.25) is 4.90 Å². The lowest BCUT2D eigenvalue weighted by molar-refractivity contribution is 0.653. The Morgan fingerprint density at radius 2 is 1.04 bits per heavy atom. The molecule has 0 fully saturated rings. The zero-order chi connectivity index (χ0) is 30.6. The van der Waals surface area contributed by atoms with E-state index in [0.717, 1.165) is 83.8 Å². The van der Waals surface area contributed by atoms with E-state index < -0.39 is 0 Å². The van der Waals surface area contributed by atoms with Crippen LogP contribution in [-0.2, 0) is 0 Å². The van der Waals surface area contributed by atoms with E-state index in [2.05, 4.69) is 58.4 Å². The van der Waals surface area contributed by atoms with Crippen LogP contribution in [0.3, 0.4) is 0 Å². The molecule has 5 aromatic heterocycles. The van der Waals surface area contributed by atoms with Crippen LogP contribution in [-0.4, -0.2) is 15.0 Å². The molecule has 9 rings (SSSR count).